The Morgan fingerprint density at radius 2 is 1.28 bits per heavy atom. The third kappa shape index (κ3) is 5.54. The molecule has 1 saturated heterocycles. The van der Waals surface area contributed by atoms with E-state index < -0.39 is 0 Å². The minimum absolute atomic E-state index is 0.162. The summed E-state index contributed by atoms with van der Waals surface area (Å²) in [4.78, 5) is 12.0. The highest BCUT2D eigenvalue weighted by molar-refractivity contribution is 5.78. The highest BCUT2D eigenvalue weighted by atomic mass is 16.5. The molecular weight excluding hydrogens is 308 g/mol. The first kappa shape index (κ1) is 17.9. The van der Waals surface area contributed by atoms with E-state index >= 15 is 0 Å². The van der Waals surface area contributed by atoms with E-state index in [1.807, 2.05) is 12.1 Å². The maximum Gasteiger partial charge on any atom is 0.133 e. The van der Waals surface area contributed by atoms with Gasteiger partial charge in [0, 0.05) is 5.92 Å². The van der Waals surface area contributed by atoms with Gasteiger partial charge in [0.1, 0.15) is 5.78 Å². The van der Waals surface area contributed by atoms with E-state index in [1.54, 1.807) is 6.92 Å². The summed E-state index contributed by atoms with van der Waals surface area (Å²) in [5, 5.41) is 0. The average Bonchev–Trinajstić information content (AvgIpc) is 2.66. The van der Waals surface area contributed by atoms with Gasteiger partial charge in [-0.2, -0.15) is 0 Å². The fraction of sp³-hybridized carbons (Fsp3) is 0.435. The zero-order chi connectivity index (χ0) is 17.5. The van der Waals surface area contributed by atoms with Crippen LogP contribution < -0.4 is 0 Å². The molecular formula is C23H28O2. The van der Waals surface area contributed by atoms with Gasteiger partial charge in [0.25, 0.3) is 0 Å². The number of hydrogen-bond donors (Lipinski definition) is 0. The molecule has 2 aromatic rings. The van der Waals surface area contributed by atoms with Gasteiger partial charge >= 0.3 is 0 Å². The molecule has 0 radical (unpaired) electrons. The van der Waals surface area contributed by atoms with Crippen LogP contribution in [0.15, 0.2) is 60.7 Å². The van der Waals surface area contributed by atoms with Crippen molar-refractivity contribution in [1.29, 1.82) is 0 Å². The lowest BCUT2D eigenvalue weighted by Gasteiger charge is -2.35. The molecule has 2 aromatic carbocycles. The summed E-state index contributed by atoms with van der Waals surface area (Å²) < 4.78 is 6.36. The first-order chi connectivity index (χ1) is 12.2. The molecule has 1 unspecified atom stereocenters. The summed E-state index contributed by atoms with van der Waals surface area (Å²) in [7, 11) is 0. The van der Waals surface area contributed by atoms with Crippen LogP contribution in [0, 0.1) is 5.92 Å². The summed E-state index contributed by atoms with van der Waals surface area (Å²) >= 11 is 0. The molecule has 0 aliphatic carbocycles. The summed E-state index contributed by atoms with van der Waals surface area (Å²) in [6, 6.07) is 21.1. The van der Waals surface area contributed by atoms with E-state index in [2.05, 4.69) is 48.5 Å². The summed E-state index contributed by atoms with van der Waals surface area (Å²) in [5.41, 5.74) is 2.69. The Bertz CT molecular complexity index is 599. The molecule has 25 heavy (non-hydrogen) atoms. The van der Waals surface area contributed by atoms with Crippen LogP contribution in [-0.4, -0.2) is 18.0 Å². The quantitative estimate of drug-likeness (QED) is 0.711. The third-order valence-electron chi connectivity index (χ3n) is 5.25. The molecule has 1 heterocycles. The van der Waals surface area contributed by atoms with Crippen molar-refractivity contribution >= 4 is 5.78 Å². The lowest BCUT2D eigenvalue weighted by Crippen LogP contribution is -2.36. The van der Waals surface area contributed by atoms with Gasteiger partial charge in [-0.25, -0.2) is 0 Å². The second-order valence-electron chi connectivity index (χ2n) is 7.21. The van der Waals surface area contributed by atoms with Crippen LogP contribution in [0.2, 0.25) is 0 Å². The van der Waals surface area contributed by atoms with Crippen molar-refractivity contribution in [3.8, 4) is 0 Å². The number of carbonyl (C=O) groups excluding carboxylic acids is 1. The maximum atomic E-state index is 12.0. The van der Waals surface area contributed by atoms with E-state index in [0.717, 1.165) is 38.5 Å². The molecule has 2 nitrogen and oxygen atoms in total. The molecule has 0 spiro atoms. The van der Waals surface area contributed by atoms with Crippen LogP contribution >= 0.6 is 0 Å². The maximum absolute atomic E-state index is 12.0. The lowest BCUT2D eigenvalue weighted by atomic mass is 9.85. The van der Waals surface area contributed by atoms with Crippen molar-refractivity contribution in [3.05, 3.63) is 71.8 Å². The summed E-state index contributed by atoms with van der Waals surface area (Å²) in [6.07, 6.45) is 6.18. The average molecular weight is 336 g/mol. The number of aryl methyl sites for hydroxylation is 2. The standard InChI is InChI=1S/C23H28O2/c1-18(24)21-16-22(14-12-19-8-4-2-5-9-19)25-23(17-21)15-13-20-10-6-3-7-11-20/h2-11,21-23H,12-17H2,1H3/t21?,22-,23+. The minimum atomic E-state index is 0.162. The van der Waals surface area contributed by atoms with Crippen molar-refractivity contribution in [3.63, 3.8) is 0 Å². The van der Waals surface area contributed by atoms with E-state index in [0.29, 0.717) is 5.78 Å². The van der Waals surface area contributed by atoms with Crippen molar-refractivity contribution in [1.82, 2.24) is 0 Å². The van der Waals surface area contributed by atoms with E-state index in [1.165, 1.54) is 11.1 Å². The molecule has 0 bridgehead atoms. The predicted molar refractivity (Wildman–Crippen MR) is 102 cm³/mol. The van der Waals surface area contributed by atoms with Crippen LogP contribution in [-0.2, 0) is 22.4 Å². The normalized spacial score (nSPS) is 23.3. The third-order valence-corrected chi connectivity index (χ3v) is 5.25. The van der Waals surface area contributed by atoms with Gasteiger partial charge in [-0.05, 0) is 56.6 Å². The number of carbonyl (C=O) groups is 1. The van der Waals surface area contributed by atoms with Crippen molar-refractivity contribution in [2.75, 3.05) is 0 Å². The molecule has 0 saturated carbocycles. The van der Waals surface area contributed by atoms with Crippen molar-refractivity contribution in [2.24, 2.45) is 5.92 Å². The topological polar surface area (TPSA) is 26.3 Å². The number of ether oxygens (including phenoxy) is 1. The van der Waals surface area contributed by atoms with Crippen LogP contribution in [0.5, 0.6) is 0 Å². The van der Waals surface area contributed by atoms with Crippen molar-refractivity contribution < 1.29 is 9.53 Å². The Labute approximate surface area is 151 Å². The van der Waals surface area contributed by atoms with Crippen LogP contribution in [0.3, 0.4) is 0 Å². The summed E-state index contributed by atoms with van der Waals surface area (Å²) in [6.45, 7) is 1.73. The SMILES string of the molecule is CC(=O)C1C[C@@H](CCc2ccccc2)O[C@@H](CCc2ccccc2)C1. The molecule has 1 fully saturated rings. The Hall–Kier alpha value is -1.93. The van der Waals surface area contributed by atoms with Gasteiger partial charge in [-0.1, -0.05) is 60.7 Å². The minimum Gasteiger partial charge on any atom is -0.375 e. The Kier molecular flexibility index (Phi) is 6.41. The number of benzene rings is 2. The molecule has 1 aliphatic rings. The molecule has 3 atom stereocenters. The fourth-order valence-electron chi connectivity index (χ4n) is 3.76. The Morgan fingerprint density at radius 3 is 1.68 bits per heavy atom. The van der Waals surface area contributed by atoms with Crippen LogP contribution in [0.4, 0.5) is 0 Å². The molecule has 0 amide bonds. The van der Waals surface area contributed by atoms with Gasteiger partial charge in [-0.15, -0.1) is 0 Å². The summed E-state index contributed by atoms with van der Waals surface area (Å²) in [5.74, 6) is 0.480. The molecule has 132 valence electrons. The van der Waals surface area contributed by atoms with Gasteiger partial charge < -0.3 is 4.74 Å². The van der Waals surface area contributed by atoms with Crippen LogP contribution in [0.25, 0.3) is 0 Å². The molecule has 1 aliphatic heterocycles. The lowest BCUT2D eigenvalue weighted by molar-refractivity contribution is -0.131. The highest BCUT2D eigenvalue weighted by Gasteiger charge is 2.31. The first-order valence-electron chi connectivity index (χ1n) is 9.44. The second-order valence-corrected chi connectivity index (χ2v) is 7.21. The molecule has 3 rings (SSSR count). The number of hydrogen-bond acceptors (Lipinski definition) is 2. The Balaban J connectivity index is 1.56. The first-order valence-corrected chi connectivity index (χ1v) is 9.44. The van der Waals surface area contributed by atoms with Gasteiger partial charge in [0.05, 0.1) is 12.2 Å². The van der Waals surface area contributed by atoms with Gasteiger partial charge in [-0.3, -0.25) is 4.79 Å². The number of ketones is 1. The van der Waals surface area contributed by atoms with Crippen LogP contribution in [0.1, 0.15) is 43.7 Å². The smallest absolute Gasteiger partial charge is 0.133 e. The van der Waals surface area contributed by atoms with Gasteiger partial charge in [0.2, 0.25) is 0 Å². The molecule has 0 aromatic heterocycles. The number of Topliss-reactive ketones (excluding diaryl/α,β-unsaturated/α-hetero) is 1. The fourth-order valence-corrected chi connectivity index (χ4v) is 3.76. The second kappa shape index (κ2) is 8.96. The van der Waals surface area contributed by atoms with E-state index in [-0.39, 0.29) is 18.1 Å². The largest absolute Gasteiger partial charge is 0.375 e. The Morgan fingerprint density at radius 1 is 0.840 bits per heavy atom. The van der Waals surface area contributed by atoms with Crippen molar-refractivity contribution in [2.45, 2.75) is 57.7 Å². The van der Waals surface area contributed by atoms with E-state index in [9.17, 15) is 4.79 Å². The zero-order valence-corrected chi connectivity index (χ0v) is 15.1. The molecule has 0 N–H and O–H groups in total. The predicted octanol–water partition coefficient (Wildman–Crippen LogP) is 5.00. The molecule has 2 heteroatoms. The number of rotatable bonds is 7. The zero-order valence-electron chi connectivity index (χ0n) is 15.1. The van der Waals surface area contributed by atoms with Gasteiger partial charge in [0.15, 0.2) is 0 Å². The highest BCUT2D eigenvalue weighted by Crippen LogP contribution is 2.30. The monoisotopic (exact) mass is 336 g/mol. The van der Waals surface area contributed by atoms with E-state index in [4.69, 9.17) is 4.74 Å².